The molecule has 2 aliphatic rings. The number of likely N-dealkylation sites (N-methyl/N-ethyl adjacent to an activating group) is 1. The molecule has 0 spiro atoms. The van der Waals surface area contributed by atoms with Crippen LogP contribution in [0.4, 0.5) is 0 Å². The molecule has 0 bridgehead atoms. The number of ether oxygens (including phenoxy) is 1. The minimum atomic E-state index is -0.486. The van der Waals surface area contributed by atoms with Gasteiger partial charge >= 0.3 is 0 Å². The molecule has 6 heteroatoms. The Morgan fingerprint density at radius 3 is 2.31 bits per heavy atom. The summed E-state index contributed by atoms with van der Waals surface area (Å²) < 4.78 is 5.88. The smallest absolute Gasteiger partial charge is 0.260 e. The molecule has 1 amide bonds. The van der Waals surface area contributed by atoms with Gasteiger partial charge in [-0.1, -0.05) is 38.3 Å². The lowest BCUT2D eigenvalue weighted by atomic mass is 9.79. The Kier molecular flexibility index (Phi) is 9.25. The van der Waals surface area contributed by atoms with Crippen LogP contribution in [0.15, 0.2) is 24.3 Å². The van der Waals surface area contributed by atoms with Crippen LogP contribution in [0, 0.1) is 0 Å². The van der Waals surface area contributed by atoms with Crippen LogP contribution in [-0.4, -0.2) is 67.1 Å². The number of piperazine rings is 1. The fraction of sp³-hybridized carbons (Fsp3) is 0.696. The molecule has 164 valence electrons. The van der Waals surface area contributed by atoms with E-state index in [2.05, 4.69) is 41.2 Å². The zero-order valence-electron chi connectivity index (χ0n) is 18.3. The Balaban J connectivity index is 0.00000300. The van der Waals surface area contributed by atoms with Crippen molar-refractivity contribution in [2.24, 2.45) is 0 Å². The molecule has 5 nitrogen and oxygen atoms in total. The molecule has 1 saturated heterocycles. The van der Waals surface area contributed by atoms with Crippen molar-refractivity contribution >= 4 is 18.3 Å². The molecular weight excluding hydrogens is 386 g/mol. The summed E-state index contributed by atoms with van der Waals surface area (Å²) in [6.45, 7) is 9.13. The first-order chi connectivity index (χ1) is 13.5. The topological polar surface area (TPSA) is 44.8 Å². The number of nitrogens with one attached hydrogen (secondary N) is 1. The highest BCUT2D eigenvalue weighted by atomic mass is 35.5. The third-order valence-corrected chi connectivity index (χ3v) is 6.56. The maximum Gasteiger partial charge on any atom is 0.260 e. The number of amides is 1. The standard InChI is InChI=1S/C23H37N3O2.ClH/c1-4-20-8-10-21(11-9-20)28-19(2)22(27)24-18-23(12-6-5-7-13-23)26-16-14-25(3)15-17-26;/h8-11,19H,4-7,12-18H2,1-3H3,(H,24,27);1H. The van der Waals surface area contributed by atoms with Gasteiger partial charge < -0.3 is 15.0 Å². The van der Waals surface area contributed by atoms with E-state index in [-0.39, 0.29) is 23.9 Å². The fourth-order valence-electron chi connectivity index (χ4n) is 4.55. The second-order valence-corrected chi connectivity index (χ2v) is 8.55. The van der Waals surface area contributed by atoms with Gasteiger partial charge in [-0.05, 0) is 50.9 Å². The van der Waals surface area contributed by atoms with Gasteiger partial charge in [0.15, 0.2) is 6.10 Å². The van der Waals surface area contributed by atoms with E-state index in [0.717, 1.165) is 44.9 Å². The Morgan fingerprint density at radius 1 is 1.10 bits per heavy atom. The summed E-state index contributed by atoms with van der Waals surface area (Å²) in [6.07, 6.45) is 6.73. The first-order valence-electron chi connectivity index (χ1n) is 11.0. The van der Waals surface area contributed by atoms with Gasteiger partial charge in [0.1, 0.15) is 5.75 Å². The molecule has 1 heterocycles. The molecule has 3 rings (SSSR count). The number of halogens is 1. The highest BCUT2D eigenvalue weighted by molar-refractivity contribution is 5.85. The second kappa shape index (κ2) is 11.2. The predicted octanol–water partition coefficient (Wildman–Crippen LogP) is 3.50. The summed E-state index contributed by atoms with van der Waals surface area (Å²) in [5.41, 5.74) is 1.40. The lowest BCUT2D eigenvalue weighted by Gasteiger charge is -2.49. The van der Waals surface area contributed by atoms with Crippen molar-refractivity contribution in [2.45, 2.75) is 64.0 Å². The monoisotopic (exact) mass is 423 g/mol. The summed E-state index contributed by atoms with van der Waals surface area (Å²) in [5.74, 6) is 0.741. The summed E-state index contributed by atoms with van der Waals surface area (Å²) in [6, 6.07) is 8.03. The van der Waals surface area contributed by atoms with Crippen LogP contribution < -0.4 is 10.1 Å². The van der Waals surface area contributed by atoms with Crippen molar-refractivity contribution in [1.82, 2.24) is 15.1 Å². The van der Waals surface area contributed by atoms with Crippen molar-refractivity contribution in [2.75, 3.05) is 39.8 Å². The van der Waals surface area contributed by atoms with Crippen LogP contribution in [0.1, 0.15) is 51.5 Å². The number of rotatable bonds is 7. The molecule has 1 N–H and O–H groups in total. The van der Waals surface area contributed by atoms with Gasteiger partial charge in [-0.2, -0.15) is 0 Å². The molecular formula is C23H38ClN3O2. The molecule has 0 aromatic heterocycles. The maximum absolute atomic E-state index is 12.7. The van der Waals surface area contributed by atoms with E-state index < -0.39 is 6.10 Å². The van der Waals surface area contributed by atoms with E-state index in [0.29, 0.717) is 0 Å². The van der Waals surface area contributed by atoms with E-state index in [1.54, 1.807) is 0 Å². The predicted molar refractivity (Wildman–Crippen MR) is 121 cm³/mol. The third-order valence-electron chi connectivity index (χ3n) is 6.56. The zero-order valence-corrected chi connectivity index (χ0v) is 19.1. The zero-order chi connectivity index (χ0) is 20.0. The number of hydrogen-bond acceptors (Lipinski definition) is 4. The van der Waals surface area contributed by atoms with Crippen LogP contribution in [-0.2, 0) is 11.2 Å². The quantitative estimate of drug-likeness (QED) is 0.728. The van der Waals surface area contributed by atoms with Gasteiger partial charge in [-0.3, -0.25) is 9.69 Å². The highest BCUT2D eigenvalue weighted by Gasteiger charge is 2.39. The lowest BCUT2D eigenvalue weighted by Crippen LogP contribution is -2.62. The molecule has 2 fully saturated rings. The normalized spacial score (nSPS) is 21.1. The molecule has 1 unspecified atom stereocenters. The molecule has 1 aromatic carbocycles. The molecule has 1 aromatic rings. The third kappa shape index (κ3) is 6.34. The number of benzene rings is 1. The summed E-state index contributed by atoms with van der Waals surface area (Å²) in [4.78, 5) is 17.8. The summed E-state index contributed by atoms with van der Waals surface area (Å²) >= 11 is 0. The van der Waals surface area contributed by atoms with Crippen molar-refractivity contribution < 1.29 is 9.53 Å². The van der Waals surface area contributed by atoms with Crippen LogP contribution in [0.3, 0.4) is 0 Å². The van der Waals surface area contributed by atoms with Crippen LogP contribution in [0.5, 0.6) is 5.75 Å². The SMILES string of the molecule is CCc1ccc(OC(C)C(=O)NCC2(N3CCN(C)CC3)CCCCC2)cc1.Cl. The van der Waals surface area contributed by atoms with E-state index in [9.17, 15) is 4.79 Å². The van der Waals surface area contributed by atoms with E-state index >= 15 is 0 Å². The maximum atomic E-state index is 12.7. The minimum Gasteiger partial charge on any atom is -0.481 e. The summed E-state index contributed by atoms with van der Waals surface area (Å²) in [5, 5.41) is 3.23. The Hall–Kier alpha value is -1.30. The van der Waals surface area contributed by atoms with E-state index in [1.165, 1.54) is 37.7 Å². The largest absolute Gasteiger partial charge is 0.481 e. The first kappa shape index (κ1) is 24.0. The number of carbonyl (C=O) groups is 1. The van der Waals surface area contributed by atoms with Gasteiger partial charge in [0.2, 0.25) is 0 Å². The highest BCUT2D eigenvalue weighted by Crippen LogP contribution is 2.34. The van der Waals surface area contributed by atoms with Crippen molar-refractivity contribution in [3.8, 4) is 5.75 Å². The second-order valence-electron chi connectivity index (χ2n) is 8.55. The van der Waals surface area contributed by atoms with Crippen molar-refractivity contribution in [1.29, 1.82) is 0 Å². The molecule has 29 heavy (non-hydrogen) atoms. The van der Waals surface area contributed by atoms with E-state index in [4.69, 9.17) is 4.74 Å². The molecule has 1 saturated carbocycles. The van der Waals surface area contributed by atoms with Crippen LogP contribution in [0.2, 0.25) is 0 Å². The number of carbonyl (C=O) groups excluding carboxylic acids is 1. The van der Waals surface area contributed by atoms with E-state index in [1.807, 2.05) is 19.1 Å². The van der Waals surface area contributed by atoms with Crippen LogP contribution in [0.25, 0.3) is 0 Å². The van der Waals surface area contributed by atoms with Crippen molar-refractivity contribution in [3.05, 3.63) is 29.8 Å². The van der Waals surface area contributed by atoms with Gasteiger partial charge in [0.25, 0.3) is 5.91 Å². The van der Waals surface area contributed by atoms with Crippen molar-refractivity contribution in [3.63, 3.8) is 0 Å². The van der Waals surface area contributed by atoms with Gasteiger partial charge in [0, 0.05) is 38.3 Å². The average Bonchev–Trinajstić information content (AvgIpc) is 2.73. The van der Waals surface area contributed by atoms with Gasteiger partial charge in [-0.25, -0.2) is 0 Å². The lowest BCUT2D eigenvalue weighted by molar-refractivity contribution is -0.128. The fourth-order valence-corrected chi connectivity index (χ4v) is 4.55. The number of nitrogens with zero attached hydrogens (tertiary/aromatic N) is 2. The average molecular weight is 424 g/mol. The Morgan fingerprint density at radius 2 is 1.72 bits per heavy atom. The molecule has 1 aliphatic carbocycles. The van der Waals surface area contributed by atoms with Gasteiger partial charge in [0.05, 0.1) is 0 Å². The molecule has 1 atom stereocenters. The Bertz CT molecular complexity index is 624. The van der Waals surface area contributed by atoms with Gasteiger partial charge in [-0.15, -0.1) is 12.4 Å². The first-order valence-corrected chi connectivity index (χ1v) is 11.0. The minimum absolute atomic E-state index is 0. The number of aryl methyl sites for hydroxylation is 1. The number of hydrogen-bond donors (Lipinski definition) is 1. The summed E-state index contributed by atoms with van der Waals surface area (Å²) in [7, 11) is 2.19. The molecule has 0 radical (unpaired) electrons. The molecule has 1 aliphatic heterocycles. The Labute approximate surface area is 182 Å². The van der Waals surface area contributed by atoms with Crippen LogP contribution >= 0.6 is 12.4 Å².